The molecule has 5 amide bonds. The van der Waals surface area contributed by atoms with Crippen LogP contribution in [-0.2, 0) is 56.4 Å². The minimum Gasteiger partial charge on any atom is -0.466 e. The number of carbonyl (C=O) groups excluding carboxylic acids is 6. The third kappa shape index (κ3) is 8.06. The fourth-order valence-corrected chi connectivity index (χ4v) is 9.58. The molecular weight excluding hydrogens is 831 g/mol. The minimum atomic E-state index is -1.34. The first kappa shape index (κ1) is 42.0. The Labute approximate surface area is 381 Å². The monoisotopic (exact) mass is 875 g/mol. The van der Waals surface area contributed by atoms with Gasteiger partial charge in [0.1, 0.15) is 6.04 Å². The van der Waals surface area contributed by atoms with Crippen molar-refractivity contribution < 1.29 is 33.5 Å². The maximum absolute atomic E-state index is 15.0. The van der Waals surface area contributed by atoms with Gasteiger partial charge in [0.25, 0.3) is 11.8 Å². The maximum atomic E-state index is 15.0. The lowest BCUT2D eigenvalue weighted by Gasteiger charge is -2.32. The van der Waals surface area contributed by atoms with E-state index < -0.39 is 23.6 Å². The van der Waals surface area contributed by atoms with Crippen molar-refractivity contribution in [1.29, 1.82) is 0 Å². The molecule has 6 aromatic rings. The van der Waals surface area contributed by atoms with Gasteiger partial charge >= 0.3 is 0 Å². The first-order valence-corrected chi connectivity index (χ1v) is 22.1. The zero-order chi connectivity index (χ0) is 45.4. The lowest BCUT2D eigenvalue weighted by atomic mass is 9.81. The van der Waals surface area contributed by atoms with E-state index in [1.165, 1.54) is 4.90 Å². The van der Waals surface area contributed by atoms with Crippen molar-refractivity contribution in [2.24, 2.45) is 4.99 Å². The number of ketones is 1. The van der Waals surface area contributed by atoms with E-state index >= 15 is 0 Å². The first-order valence-electron chi connectivity index (χ1n) is 22.1. The van der Waals surface area contributed by atoms with Gasteiger partial charge in [-0.3, -0.25) is 34.1 Å². The van der Waals surface area contributed by atoms with Crippen molar-refractivity contribution >= 4 is 41.2 Å². The lowest BCUT2D eigenvalue weighted by molar-refractivity contribution is -0.143. The van der Waals surface area contributed by atoms with E-state index in [0.717, 1.165) is 50.1 Å². The van der Waals surface area contributed by atoms with Gasteiger partial charge in [-0.25, -0.2) is 4.99 Å². The number of aliphatic imine (C=N–C) groups is 1. The van der Waals surface area contributed by atoms with E-state index in [0.29, 0.717) is 23.4 Å². The smallest absolute Gasteiger partial charge is 0.256 e. The van der Waals surface area contributed by atoms with Crippen LogP contribution in [0.4, 0.5) is 0 Å². The fourth-order valence-electron chi connectivity index (χ4n) is 9.58. The Hall–Kier alpha value is -7.99. The van der Waals surface area contributed by atoms with Gasteiger partial charge < -0.3 is 19.9 Å². The number of hydrogen-bond donors (Lipinski definition) is 2. The summed E-state index contributed by atoms with van der Waals surface area (Å²) in [5.41, 5.74) is 7.30. The highest BCUT2D eigenvalue weighted by atomic mass is 16.5. The van der Waals surface area contributed by atoms with Gasteiger partial charge in [0, 0.05) is 61.2 Å². The molecule has 12 heteroatoms. The zero-order valence-electron chi connectivity index (χ0n) is 35.9. The molecule has 0 aliphatic carbocycles. The van der Waals surface area contributed by atoms with Gasteiger partial charge in [-0.2, -0.15) is 0 Å². The van der Waals surface area contributed by atoms with Crippen LogP contribution in [0.15, 0.2) is 157 Å². The normalized spacial score (nSPS) is 19.8. The summed E-state index contributed by atoms with van der Waals surface area (Å²) in [7, 11) is 0. The summed E-state index contributed by atoms with van der Waals surface area (Å²) < 4.78 is 6.64. The zero-order valence-corrected chi connectivity index (χ0v) is 35.9. The predicted molar refractivity (Wildman–Crippen MR) is 246 cm³/mol. The van der Waals surface area contributed by atoms with Crippen LogP contribution in [0, 0.1) is 0 Å². The molecule has 0 radical (unpaired) electrons. The molecule has 6 aromatic carbocycles. The Morgan fingerprint density at radius 1 is 0.727 bits per heavy atom. The Bertz CT molecular complexity index is 2940. The van der Waals surface area contributed by atoms with E-state index in [2.05, 4.69) is 10.6 Å². The Kier molecular flexibility index (Phi) is 11.2. The average Bonchev–Trinajstić information content (AvgIpc) is 3.87. The van der Waals surface area contributed by atoms with E-state index in [-0.39, 0.29) is 74.9 Å². The minimum absolute atomic E-state index is 0.0885. The molecule has 0 spiro atoms. The van der Waals surface area contributed by atoms with Crippen LogP contribution in [0.2, 0.25) is 0 Å². The summed E-state index contributed by atoms with van der Waals surface area (Å²) in [5, 5.41) is 5.34. The van der Waals surface area contributed by atoms with Crippen LogP contribution in [0.25, 0.3) is 11.1 Å². The van der Waals surface area contributed by atoms with Gasteiger partial charge in [0.2, 0.25) is 23.6 Å². The van der Waals surface area contributed by atoms with Crippen molar-refractivity contribution in [1.82, 2.24) is 20.4 Å². The Morgan fingerprint density at radius 3 is 2.17 bits per heavy atom. The number of piperidine rings is 1. The van der Waals surface area contributed by atoms with Gasteiger partial charge in [-0.1, -0.05) is 133 Å². The number of imide groups is 1. The highest BCUT2D eigenvalue weighted by molar-refractivity contribution is 6.06. The van der Waals surface area contributed by atoms with Crippen molar-refractivity contribution in [2.75, 3.05) is 6.54 Å². The van der Waals surface area contributed by atoms with Crippen LogP contribution in [0.5, 0.6) is 0 Å². The van der Waals surface area contributed by atoms with Crippen molar-refractivity contribution in [3.8, 4) is 11.1 Å². The quantitative estimate of drug-likeness (QED) is 0.103. The summed E-state index contributed by atoms with van der Waals surface area (Å²) in [4.78, 5) is 88.0. The second kappa shape index (κ2) is 17.5. The van der Waals surface area contributed by atoms with Gasteiger partial charge in [0.15, 0.2) is 17.4 Å². The number of hydrogen-bond acceptors (Lipinski definition) is 8. The molecule has 2 N–H and O–H groups in total. The van der Waals surface area contributed by atoms with Gasteiger partial charge in [-0.05, 0) is 63.6 Å². The number of ether oxygens (including phenoxy) is 1. The predicted octanol–water partition coefficient (Wildman–Crippen LogP) is 6.70. The lowest BCUT2D eigenvalue weighted by Crippen LogP contribution is -2.52. The van der Waals surface area contributed by atoms with E-state index in [1.807, 2.05) is 127 Å². The summed E-state index contributed by atoms with van der Waals surface area (Å²) in [6.07, 6.45) is 0.125. The summed E-state index contributed by atoms with van der Waals surface area (Å²) in [6.45, 7) is 0.520. The van der Waals surface area contributed by atoms with Gasteiger partial charge in [-0.15, -0.1) is 0 Å². The number of fused-ring (bicyclic) bond motifs is 4. The highest BCUT2D eigenvalue weighted by Gasteiger charge is 2.57. The molecular formula is C54H45N5O7. The molecule has 0 bridgehead atoms. The SMILES string of the molecule is O=C(CN1Cc2ccccc2C2OC(c3ccccc3)=N[C@]2(Cc2ccccc2)C1=O)NCc1ccc(-c2ccc(C(=O)Cc3cccc4c3CN(C3CCC(=O)NC3=O)C4=O)cc2)cc1. The van der Waals surface area contributed by atoms with E-state index in [9.17, 15) is 28.8 Å². The van der Waals surface area contributed by atoms with Crippen LogP contribution in [0.3, 0.4) is 0 Å². The maximum Gasteiger partial charge on any atom is 0.256 e. The molecule has 1 fully saturated rings. The van der Waals surface area contributed by atoms with Crippen molar-refractivity contribution in [3.63, 3.8) is 0 Å². The second-order valence-electron chi connectivity index (χ2n) is 17.2. The summed E-state index contributed by atoms with van der Waals surface area (Å²) in [6, 6.07) is 46.9. The first-order chi connectivity index (χ1) is 32.1. The number of carbonyl (C=O) groups is 6. The number of benzene rings is 6. The summed E-state index contributed by atoms with van der Waals surface area (Å²) in [5.74, 6) is -1.38. The highest BCUT2D eigenvalue weighted by Crippen LogP contribution is 2.46. The van der Waals surface area contributed by atoms with Crippen LogP contribution in [0.1, 0.15) is 78.6 Å². The molecule has 2 unspecified atom stereocenters. The number of nitrogens with one attached hydrogen (secondary N) is 2. The molecule has 3 atom stereocenters. The van der Waals surface area contributed by atoms with Crippen molar-refractivity contribution in [3.05, 3.63) is 202 Å². The largest absolute Gasteiger partial charge is 0.466 e. The van der Waals surface area contributed by atoms with Gasteiger partial charge in [0.05, 0.1) is 6.54 Å². The van der Waals surface area contributed by atoms with Crippen LogP contribution < -0.4 is 10.6 Å². The molecule has 0 saturated carbocycles. The standard InChI is InChI=1S/C54H45N5O7/c60-46(28-40-15-9-17-43-44(40)32-59(52(43)64)45-26-27-47(61)56-50(45)63)38-24-22-37(23-25-38)36-20-18-35(19-21-36)30-55-48(62)33-58-31-41-14-7-8-16-42(41)49-54(53(58)65,29-34-10-3-1-4-11-34)57-51(66-49)39-12-5-2-6-13-39/h1-25,45,49H,26-33H2,(H,55,62)(H,56,61,63)/t45?,49?,54-/m0/s1. The molecule has 12 nitrogen and oxygen atoms in total. The molecule has 10 rings (SSSR count). The van der Waals surface area contributed by atoms with Crippen molar-refractivity contribution in [2.45, 2.75) is 63.0 Å². The van der Waals surface area contributed by atoms with E-state index in [1.54, 1.807) is 29.2 Å². The number of amides is 5. The molecule has 4 heterocycles. The molecule has 328 valence electrons. The topological polar surface area (TPSA) is 155 Å². The van der Waals surface area contributed by atoms with E-state index in [4.69, 9.17) is 9.73 Å². The second-order valence-corrected chi connectivity index (χ2v) is 17.2. The third-order valence-corrected chi connectivity index (χ3v) is 13.0. The number of rotatable bonds is 12. The van der Waals surface area contributed by atoms with Crippen LogP contribution in [-0.4, -0.2) is 69.1 Å². The fraction of sp³-hybridized carbons (Fsp3) is 0.204. The molecule has 66 heavy (non-hydrogen) atoms. The molecule has 1 saturated heterocycles. The molecule has 4 aliphatic rings. The molecule has 4 aliphatic heterocycles. The third-order valence-electron chi connectivity index (χ3n) is 13.0. The van der Waals surface area contributed by atoms with Crippen LogP contribution >= 0.6 is 0 Å². The summed E-state index contributed by atoms with van der Waals surface area (Å²) >= 11 is 0. The Balaban J connectivity index is 0.794. The molecule has 0 aromatic heterocycles. The number of Topliss-reactive ketones (excluding diaryl/α,β-unsaturated/α-hetero) is 1. The Morgan fingerprint density at radius 2 is 1.42 bits per heavy atom. The average molecular weight is 876 g/mol. The number of nitrogens with zero attached hydrogens (tertiary/aromatic N) is 3.